The van der Waals surface area contributed by atoms with Crippen molar-refractivity contribution in [2.75, 3.05) is 17.4 Å². The van der Waals surface area contributed by atoms with E-state index in [1.807, 2.05) is 24.3 Å². The van der Waals surface area contributed by atoms with Gasteiger partial charge in [-0.2, -0.15) is 0 Å². The summed E-state index contributed by atoms with van der Waals surface area (Å²) in [6.45, 7) is 5.63. The molecule has 0 radical (unpaired) electrons. The minimum absolute atomic E-state index is 0.0199. The lowest BCUT2D eigenvalue weighted by atomic mass is 9.69. The number of amides is 1. The number of hydrogen-bond acceptors (Lipinski definition) is 4. The molecule has 2 aliphatic heterocycles. The first-order valence-electron chi connectivity index (χ1n) is 12.6. The van der Waals surface area contributed by atoms with Crippen LogP contribution in [0, 0.1) is 5.82 Å². The second-order valence-corrected chi connectivity index (χ2v) is 11.9. The van der Waals surface area contributed by atoms with Crippen LogP contribution in [0.25, 0.3) is 0 Å². The van der Waals surface area contributed by atoms with Gasteiger partial charge in [0.15, 0.2) is 0 Å². The smallest absolute Gasteiger partial charge is 0.264 e. The quantitative estimate of drug-likeness (QED) is 0.395. The fourth-order valence-electron chi connectivity index (χ4n) is 5.73. The molecule has 1 amide bonds. The van der Waals surface area contributed by atoms with Crippen molar-refractivity contribution in [1.29, 1.82) is 0 Å². The molecule has 198 valence electrons. The first-order chi connectivity index (χ1) is 18.3. The topological polar surface area (TPSA) is 78.5 Å². The van der Waals surface area contributed by atoms with Crippen molar-refractivity contribution in [2.24, 2.45) is 0 Å². The summed E-state index contributed by atoms with van der Waals surface area (Å²) < 4.78 is 43.1. The van der Waals surface area contributed by atoms with E-state index >= 15 is 0 Å². The summed E-state index contributed by atoms with van der Waals surface area (Å²) in [5, 5.41) is 6.88. The van der Waals surface area contributed by atoms with Gasteiger partial charge in [-0.3, -0.25) is 9.10 Å². The van der Waals surface area contributed by atoms with Crippen LogP contribution in [0.4, 0.5) is 10.1 Å². The monoisotopic (exact) mass is 553 g/mol. The van der Waals surface area contributed by atoms with Gasteiger partial charge in [0.1, 0.15) is 5.82 Å². The minimum atomic E-state index is -4.02. The van der Waals surface area contributed by atoms with E-state index in [9.17, 15) is 17.6 Å². The van der Waals surface area contributed by atoms with Crippen LogP contribution in [0.1, 0.15) is 40.7 Å². The van der Waals surface area contributed by atoms with Crippen LogP contribution in [0.15, 0.2) is 84.3 Å². The highest BCUT2D eigenvalue weighted by Crippen LogP contribution is 2.53. The summed E-state index contributed by atoms with van der Waals surface area (Å²) in [5.74, 6) is -0.771. The Bertz CT molecular complexity index is 1470. The molecular weight excluding hydrogens is 525 g/mol. The van der Waals surface area contributed by atoms with E-state index in [1.54, 1.807) is 24.3 Å². The highest BCUT2D eigenvalue weighted by molar-refractivity contribution is 7.92. The molecule has 2 N–H and O–H groups in total. The average Bonchev–Trinajstić information content (AvgIpc) is 3.17. The van der Waals surface area contributed by atoms with Crippen LogP contribution in [0.2, 0.25) is 5.02 Å². The Morgan fingerprint density at radius 3 is 2.53 bits per heavy atom. The van der Waals surface area contributed by atoms with E-state index in [1.165, 1.54) is 16.4 Å². The Morgan fingerprint density at radius 1 is 1.13 bits per heavy atom. The third kappa shape index (κ3) is 4.61. The molecule has 38 heavy (non-hydrogen) atoms. The normalized spacial score (nSPS) is 18.3. The van der Waals surface area contributed by atoms with Crippen LogP contribution in [0.3, 0.4) is 0 Å². The number of piperidine rings is 1. The molecule has 1 atom stereocenters. The molecule has 5 rings (SSSR count). The zero-order valence-corrected chi connectivity index (χ0v) is 22.4. The number of sulfonamides is 1. The number of anilines is 1. The lowest BCUT2D eigenvalue weighted by Gasteiger charge is -2.41. The van der Waals surface area contributed by atoms with Crippen LogP contribution >= 0.6 is 11.6 Å². The van der Waals surface area contributed by atoms with Crippen LogP contribution in [0.5, 0.6) is 0 Å². The average molecular weight is 554 g/mol. The number of benzene rings is 3. The van der Waals surface area contributed by atoms with Gasteiger partial charge < -0.3 is 10.6 Å². The molecule has 1 fully saturated rings. The highest BCUT2D eigenvalue weighted by Gasteiger charge is 2.54. The van der Waals surface area contributed by atoms with E-state index in [2.05, 4.69) is 17.2 Å². The van der Waals surface area contributed by atoms with Crippen LogP contribution < -0.4 is 14.9 Å². The predicted molar refractivity (Wildman–Crippen MR) is 148 cm³/mol. The maximum absolute atomic E-state index is 14.0. The summed E-state index contributed by atoms with van der Waals surface area (Å²) in [6, 6.07) is 17.0. The molecule has 0 aromatic heterocycles. The van der Waals surface area contributed by atoms with Gasteiger partial charge in [0.2, 0.25) is 0 Å². The second-order valence-electron chi connectivity index (χ2n) is 9.71. The predicted octanol–water partition coefficient (Wildman–Crippen LogP) is 5.18. The number of halogens is 2. The van der Waals surface area contributed by atoms with Crippen molar-refractivity contribution < 1.29 is 17.6 Å². The van der Waals surface area contributed by atoms with Crippen molar-refractivity contribution in [3.63, 3.8) is 0 Å². The Kier molecular flexibility index (Phi) is 7.31. The van der Waals surface area contributed by atoms with Gasteiger partial charge in [-0.25, -0.2) is 12.8 Å². The standard InChI is InChI=1S/C29H29ClFN3O3S/c1-2-5-27-29(14-16-32-17-15-29)24-18-20(28(35)33-19-21-6-3-4-7-25(21)30)8-13-26(24)34(27)38(36,37)23-11-9-22(31)10-12-23/h2-4,6-13,18,27,32H,1,5,14-17,19H2,(H,33,35). The lowest BCUT2D eigenvalue weighted by Crippen LogP contribution is -2.51. The van der Waals surface area contributed by atoms with E-state index in [4.69, 9.17) is 11.6 Å². The number of carbonyl (C=O) groups excluding carboxylic acids is 1. The molecule has 1 saturated heterocycles. The zero-order valence-electron chi connectivity index (χ0n) is 20.8. The molecule has 0 bridgehead atoms. The Labute approximate surface area is 227 Å². The number of nitrogens with one attached hydrogen (secondary N) is 2. The first-order valence-corrected chi connectivity index (χ1v) is 14.4. The Balaban J connectivity index is 1.57. The van der Waals surface area contributed by atoms with E-state index < -0.39 is 27.3 Å². The third-order valence-electron chi connectivity index (χ3n) is 7.61. The van der Waals surface area contributed by atoms with Crippen molar-refractivity contribution >= 4 is 33.2 Å². The molecular formula is C29H29ClFN3O3S. The molecule has 0 saturated carbocycles. The fourth-order valence-corrected chi connectivity index (χ4v) is 7.68. The summed E-state index contributed by atoms with van der Waals surface area (Å²) in [6.07, 6.45) is 3.59. The number of fused-ring (bicyclic) bond motifs is 2. The molecule has 2 heterocycles. The molecule has 9 heteroatoms. The summed E-state index contributed by atoms with van der Waals surface area (Å²) >= 11 is 6.24. The molecule has 1 spiro atoms. The molecule has 3 aromatic carbocycles. The first kappa shape index (κ1) is 26.4. The van der Waals surface area contributed by atoms with Gasteiger partial charge >= 0.3 is 0 Å². The highest BCUT2D eigenvalue weighted by atomic mass is 35.5. The van der Waals surface area contributed by atoms with E-state index in [0.29, 0.717) is 35.5 Å². The van der Waals surface area contributed by atoms with Crippen molar-refractivity contribution in [2.45, 2.75) is 42.2 Å². The number of hydrogen-bond donors (Lipinski definition) is 2. The van der Waals surface area contributed by atoms with Crippen molar-refractivity contribution in [1.82, 2.24) is 10.6 Å². The number of nitrogens with zero attached hydrogens (tertiary/aromatic N) is 1. The summed E-state index contributed by atoms with van der Waals surface area (Å²) in [4.78, 5) is 13.2. The van der Waals surface area contributed by atoms with Gasteiger partial charge in [-0.15, -0.1) is 6.58 Å². The van der Waals surface area contributed by atoms with Crippen LogP contribution in [-0.2, 0) is 22.0 Å². The lowest BCUT2D eigenvalue weighted by molar-refractivity contribution is 0.0950. The zero-order chi connectivity index (χ0) is 26.9. The third-order valence-corrected chi connectivity index (χ3v) is 9.81. The van der Waals surface area contributed by atoms with Crippen molar-refractivity contribution in [3.05, 3.63) is 107 Å². The Hall–Kier alpha value is -3.20. The fraction of sp³-hybridized carbons (Fsp3) is 0.276. The molecule has 1 unspecified atom stereocenters. The summed E-state index contributed by atoms with van der Waals surface area (Å²) in [5.41, 5.74) is 2.14. The second kappa shape index (κ2) is 10.5. The van der Waals surface area contributed by atoms with Gasteiger partial charge in [-0.1, -0.05) is 35.9 Å². The molecule has 3 aromatic rings. The largest absolute Gasteiger partial charge is 0.348 e. The van der Waals surface area contributed by atoms with E-state index in [-0.39, 0.29) is 17.3 Å². The van der Waals surface area contributed by atoms with Crippen molar-refractivity contribution in [3.8, 4) is 0 Å². The van der Waals surface area contributed by atoms with Crippen LogP contribution in [-0.4, -0.2) is 33.5 Å². The molecule has 0 aliphatic carbocycles. The Morgan fingerprint density at radius 2 is 1.84 bits per heavy atom. The number of rotatable bonds is 7. The molecule has 6 nitrogen and oxygen atoms in total. The SMILES string of the molecule is C=CCC1N(S(=O)(=O)c2ccc(F)cc2)c2ccc(C(=O)NCc3ccccc3Cl)cc2C12CCNCC2. The maximum Gasteiger partial charge on any atom is 0.264 e. The van der Waals surface area contributed by atoms with Gasteiger partial charge in [-0.05, 0) is 92.0 Å². The van der Waals surface area contributed by atoms with Gasteiger partial charge in [0.05, 0.1) is 16.6 Å². The van der Waals surface area contributed by atoms with Gasteiger partial charge in [0, 0.05) is 22.5 Å². The van der Waals surface area contributed by atoms with Gasteiger partial charge in [0.25, 0.3) is 15.9 Å². The maximum atomic E-state index is 14.0. The number of carbonyl (C=O) groups is 1. The molecule has 2 aliphatic rings. The summed E-state index contributed by atoms with van der Waals surface area (Å²) in [7, 11) is -4.02. The van der Waals surface area contributed by atoms with E-state index in [0.717, 1.165) is 36.3 Å². The minimum Gasteiger partial charge on any atom is -0.348 e.